The number of hydrogen-bond acceptors (Lipinski definition) is 5. The Hall–Kier alpha value is -0.650. The molecule has 1 aromatic rings. The van der Waals surface area contributed by atoms with E-state index in [1.54, 1.807) is 0 Å². The van der Waals surface area contributed by atoms with Gasteiger partial charge in [0.05, 0.1) is 6.54 Å². The summed E-state index contributed by atoms with van der Waals surface area (Å²) < 4.78 is 5.50. The number of nitrogens with one attached hydrogen (secondary N) is 1. The molecule has 1 saturated carbocycles. The predicted octanol–water partition coefficient (Wildman–Crippen LogP) is 2.72. The van der Waals surface area contributed by atoms with Gasteiger partial charge in [0.1, 0.15) is 0 Å². The smallest absolute Gasteiger partial charge is 0.229 e. The molecule has 0 spiro atoms. The van der Waals surface area contributed by atoms with Crippen LogP contribution in [0.5, 0.6) is 0 Å². The fourth-order valence-corrected chi connectivity index (χ4v) is 3.48. The lowest BCUT2D eigenvalue weighted by atomic mass is 9.89. The van der Waals surface area contributed by atoms with Gasteiger partial charge in [0, 0.05) is 18.5 Å². The number of rotatable bonds is 4. The standard InChI is InChI=1S/C15H26N4O.ClH/c1-16-13-8-5-9-19(10-13)11-14-17-15(20-18-14)12-6-3-2-4-7-12;/h12-13,16H,2-11H2,1H3;1H. The Morgan fingerprint density at radius 3 is 2.76 bits per heavy atom. The average Bonchev–Trinajstić information content (AvgIpc) is 2.97. The van der Waals surface area contributed by atoms with Crippen LogP contribution in [-0.2, 0) is 6.54 Å². The van der Waals surface area contributed by atoms with Gasteiger partial charge in [-0.1, -0.05) is 24.4 Å². The highest BCUT2D eigenvalue weighted by Gasteiger charge is 2.23. The number of likely N-dealkylation sites (N-methyl/N-ethyl adjacent to an activating group) is 1. The van der Waals surface area contributed by atoms with Crippen molar-refractivity contribution >= 4 is 12.4 Å². The van der Waals surface area contributed by atoms with Crippen molar-refractivity contribution in [2.75, 3.05) is 20.1 Å². The van der Waals surface area contributed by atoms with Crippen LogP contribution in [0, 0.1) is 0 Å². The maximum absolute atomic E-state index is 5.50. The maximum atomic E-state index is 5.50. The van der Waals surface area contributed by atoms with Crippen molar-refractivity contribution in [1.82, 2.24) is 20.4 Å². The van der Waals surface area contributed by atoms with E-state index < -0.39 is 0 Å². The minimum atomic E-state index is 0. The summed E-state index contributed by atoms with van der Waals surface area (Å²) in [6.45, 7) is 3.06. The predicted molar refractivity (Wildman–Crippen MR) is 84.7 cm³/mol. The van der Waals surface area contributed by atoms with Crippen LogP contribution in [0.4, 0.5) is 0 Å². The Kier molecular flexibility index (Phi) is 6.45. The van der Waals surface area contributed by atoms with Crippen LogP contribution in [0.25, 0.3) is 0 Å². The zero-order valence-electron chi connectivity index (χ0n) is 12.9. The fraction of sp³-hybridized carbons (Fsp3) is 0.867. The minimum Gasteiger partial charge on any atom is -0.339 e. The molecule has 0 radical (unpaired) electrons. The lowest BCUT2D eigenvalue weighted by molar-refractivity contribution is 0.182. The molecular formula is C15H27ClN4O. The summed E-state index contributed by atoms with van der Waals surface area (Å²) in [6, 6.07) is 0.605. The number of hydrogen-bond donors (Lipinski definition) is 1. The van der Waals surface area contributed by atoms with Crippen molar-refractivity contribution in [2.24, 2.45) is 0 Å². The molecule has 1 N–H and O–H groups in total. The summed E-state index contributed by atoms with van der Waals surface area (Å²) in [7, 11) is 2.05. The second-order valence-electron chi connectivity index (χ2n) is 6.25. The van der Waals surface area contributed by atoms with E-state index >= 15 is 0 Å². The zero-order chi connectivity index (χ0) is 13.8. The van der Waals surface area contributed by atoms with Gasteiger partial charge in [-0.2, -0.15) is 4.98 Å². The van der Waals surface area contributed by atoms with Crippen LogP contribution < -0.4 is 5.32 Å². The largest absolute Gasteiger partial charge is 0.339 e. The molecule has 2 fully saturated rings. The monoisotopic (exact) mass is 314 g/mol. The lowest BCUT2D eigenvalue weighted by Gasteiger charge is -2.31. The molecule has 1 atom stereocenters. The molecule has 120 valence electrons. The molecule has 2 aliphatic rings. The van der Waals surface area contributed by atoms with E-state index in [4.69, 9.17) is 4.52 Å². The van der Waals surface area contributed by atoms with Crippen molar-refractivity contribution in [1.29, 1.82) is 0 Å². The highest BCUT2D eigenvalue weighted by atomic mass is 35.5. The molecule has 1 saturated heterocycles. The number of aromatic nitrogens is 2. The Morgan fingerprint density at radius 2 is 2.00 bits per heavy atom. The van der Waals surface area contributed by atoms with Crippen molar-refractivity contribution in [3.63, 3.8) is 0 Å². The van der Waals surface area contributed by atoms with E-state index in [9.17, 15) is 0 Å². The highest BCUT2D eigenvalue weighted by Crippen LogP contribution is 2.31. The van der Waals surface area contributed by atoms with E-state index in [0.29, 0.717) is 12.0 Å². The fourth-order valence-electron chi connectivity index (χ4n) is 3.48. The second kappa shape index (κ2) is 8.11. The third-order valence-electron chi connectivity index (χ3n) is 4.72. The molecule has 1 aromatic heterocycles. The number of nitrogens with zero attached hydrogens (tertiary/aromatic N) is 3. The summed E-state index contributed by atoms with van der Waals surface area (Å²) in [5.41, 5.74) is 0. The lowest BCUT2D eigenvalue weighted by Crippen LogP contribution is -2.44. The third-order valence-corrected chi connectivity index (χ3v) is 4.72. The summed E-state index contributed by atoms with van der Waals surface area (Å²) in [6.07, 6.45) is 8.92. The Labute approximate surface area is 133 Å². The molecule has 1 aliphatic heterocycles. The first-order valence-electron chi connectivity index (χ1n) is 8.07. The average molecular weight is 315 g/mol. The molecule has 2 heterocycles. The van der Waals surface area contributed by atoms with E-state index in [1.807, 2.05) is 7.05 Å². The van der Waals surface area contributed by atoms with Crippen molar-refractivity contribution in [2.45, 2.75) is 63.5 Å². The number of piperidine rings is 1. The Balaban J connectivity index is 0.00000161. The molecule has 6 heteroatoms. The van der Waals surface area contributed by atoms with Crippen LogP contribution in [0.2, 0.25) is 0 Å². The van der Waals surface area contributed by atoms with Gasteiger partial charge in [0.25, 0.3) is 0 Å². The quantitative estimate of drug-likeness (QED) is 0.926. The first kappa shape index (κ1) is 16.7. The Morgan fingerprint density at radius 1 is 1.19 bits per heavy atom. The van der Waals surface area contributed by atoms with E-state index in [2.05, 4.69) is 20.4 Å². The normalized spacial score (nSPS) is 24.7. The van der Waals surface area contributed by atoms with Gasteiger partial charge in [-0.25, -0.2) is 0 Å². The molecule has 0 bridgehead atoms. The van der Waals surface area contributed by atoms with Crippen molar-refractivity contribution < 1.29 is 4.52 Å². The SMILES string of the molecule is CNC1CCCN(Cc2noc(C3CCCCC3)n2)C1.Cl. The van der Waals surface area contributed by atoms with Gasteiger partial charge in [-0.3, -0.25) is 4.90 Å². The molecule has 1 unspecified atom stereocenters. The van der Waals surface area contributed by atoms with Gasteiger partial charge >= 0.3 is 0 Å². The molecule has 21 heavy (non-hydrogen) atoms. The van der Waals surface area contributed by atoms with Crippen LogP contribution in [0.1, 0.15) is 62.6 Å². The third kappa shape index (κ3) is 4.41. The van der Waals surface area contributed by atoms with Crippen LogP contribution in [0.15, 0.2) is 4.52 Å². The van der Waals surface area contributed by atoms with Crippen LogP contribution in [0.3, 0.4) is 0 Å². The minimum absolute atomic E-state index is 0. The summed E-state index contributed by atoms with van der Waals surface area (Å²) in [5, 5.41) is 7.56. The van der Waals surface area contributed by atoms with Gasteiger partial charge in [0.2, 0.25) is 5.89 Å². The van der Waals surface area contributed by atoms with E-state index in [0.717, 1.165) is 31.3 Å². The van der Waals surface area contributed by atoms with E-state index in [-0.39, 0.29) is 12.4 Å². The highest BCUT2D eigenvalue weighted by molar-refractivity contribution is 5.85. The second-order valence-corrected chi connectivity index (χ2v) is 6.25. The van der Waals surface area contributed by atoms with Gasteiger partial charge < -0.3 is 9.84 Å². The van der Waals surface area contributed by atoms with E-state index in [1.165, 1.54) is 44.9 Å². The molecule has 1 aliphatic carbocycles. The topological polar surface area (TPSA) is 54.2 Å². The van der Waals surface area contributed by atoms with Crippen LogP contribution >= 0.6 is 12.4 Å². The van der Waals surface area contributed by atoms with Crippen molar-refractivity contribution in [3.05, 3.63) is 11.7 Å². The van der Waals surface area contributed by atoms with Crippen molar-refractivity contribution in [3.8, 4) is 0 Å². The summed E-state index contributed by atoms with van der Waals surface area (Å²) >= 11 is 0. The Bertz CT molecular complexity index is 420. The van der Waals surface area contributed by atoms with Gasteiger partial charge in [-0.05, 0) is 39.3 Å². The van der Waals surface area contributed by atoms with Gasteiger partial charge in [0.15, 0.2) is 5.82 Å². The molecular weight excluding hydrogens is 288 g/mol. The summed E-state index contributed by atoms with van der Waals surface area (Å²) in [5.74, 6) is 2.25. The zero-order valence-corrected chi connectivity index (χ0v) is 13.7. The number of likely N-dealkylation sites (tertiary alicyclic amines) is 1. The van der Waals surface area contributed by atoms with Crippen LogP contribution in [-0.4, -0.2) is 41.2 Å². The maximum Gasteiger partial charge on any atom is 0.229 e. The molecule has 5 nitrogen and oxygen atoms in total. The first-order chi connectivity index (χ1) is 9.85. The first-order valence-corrected chi connectivity index (χ1v) is 8.07. The summed E-state index contributed by atoms with van der Waals surface area (Å²) in [4.78, 5) is 7.07. The van der Waals surface area contributed by atoms with Gasteiger partial charge in [-0.15, -0.1) is 12.4 Å². The molecule has 3 rings (SSSR count). The molecule has 0 amide bonds. The number of halogens is 1. The molecule has 0 aromatic carbocycles.